The van der Waals surface area contributed by atoms with Crippen LogP contribution in [-0.2, 0) is 22.3 Å². The number of alkyl halides is 3. The number of hydrogen-bond donors (Lipinski definition) is 1. The van der Waals surface area contributed by atoms with Crippen molar-refractivity contribution in [1.29, 1.82) is 0 Å². The quantitative estimate of drug-likeness (QED) is 0.580. The molecule has 0 spiro atoms. The summed E-state index contributed by atoms with van der Waals surface area (Å²) in [6.07, 6.45) is 1.40. The molecule has 3 amide bonds. The maximum Gasteiger partial charge on any atom is 0.433 e. The zero-order valence-electron chi connectivity index (χ0n) is 21.2. The number of likely N-dealkylation sites (tertiary alicyclic amines) is 1. The highest BCUT2D eigenvalue weighted by molar-refractivity contribution is 6.05. The fourth-order valence-corrected chi connectivity index (χ4v) is 6.24. The lowest BCUT2D eigenvalue weighted by molar-refractivity contribution is -0.141. The van der Waals surface area contributed by atoms with Crippen LogP contribution in [0, 0.1) is 0 Å². The van der Waals surface area contributed by atoms with E-state index in [1.54, 1.807) is 12.1 Å². The summed E-state index contributed by atoms with van der Waals surface area (Å²) in [7, 11) is 0. The third-order valence-corrected chi connectivity index (χ3v) is 8.38. The van der Waals surface area contributed by atoms with Crippen LogP contribution in [0.25, 0.3) is 0 Å². The first kappa shape index (κ1) is 25.8. The lowest BCUT2D eigenvalue weighted by atomic mass is 9.84. The van der Waals surface area contributed by atoms with Gasteiger partial charge in [-0.1, -0.05) is 12.5 Å². The van der Waals surface area contributed by atoms with Crippen LogP contribution in [0.5, 0.6) is 5.75 Å². The van der Waals surface area contributed by atoms with Crippen LogP contribution < -0.4 is 10.1 Å². The summed E-state index contributed by atoms with van der Waals surface area (Å²) in [6.45, 7) is 1.79. The predicted molar refractivity (Wildman–Crippen MR) is 133 cm³/mol. The molecule has 206 valence electrons. The molecule has 0 bridgehead atoms. The van der Waals surface area contributed by atoms with Crippen LogP contribution in [0.1, 0.15) is 71.6 Å². The van der Waals surface area contributed by atoms with Gasteiger partial charge in [0.2, 0.25) is 11.8 Å². The third-order valence-electron chi connectivity index (χ3n) is 8.38. The van der Waals surface area contributed by atoms with E-state index in [9.17, 15) is 27.6 Å². The number of benzene rings is 1. The van der Waals surface area contributed by atoms with Gasteiger partial charge >= 0.3 is 6.18 Å². The van der Waals surface area contributed by atoms with Gasteiger partial charge in [0.05, 0.1) is 0 Å². The molecule has 11 heteroatoms. The molecule has 3 atom stereocenters. The molecule has 1 aliphatic carbocycles. The molecule has 4 aliphatic rings. The maximum atomic E-state index is 13.0. The van der Waals surface area contributed by atoms with Crippen molar-refractivity contribution in [2.75, 3.05) is 13.1 Å². The Morgan fingerprint density at radius 3 is 2.51 bits per heavy atom. The minimum atomic E-state index is -4.44. The second kappa shape index (κ2) is 9.93. The topological polar surface area (TPSA) is 91.8 Å². The van der Waals surface area contributed by atoms with Crippen molar-refractivity contribution in [3.8, 4) is 5.75 Å². The minimum absolute atomic E-state index is 0.0353. The summed E-state index contributed by atoms with van der Waals surface area (Å²) in [5, 5.41) is 2.32. The number of nitrogens with one attached hydrogen (secondary N) is 1. The zero-order valence-corrected chi connectivity index (χ0v) is 21.2. The van der Waals surface area contributed by atoms with E-state index in [0.29, 0.717) is 24.3 Å². The molecule has 1 N–H and O–H groups in total. The van der Waals surface area contributed by atoms with Crippen molar-refractivity contribution >= 4 is 17.7 Å². The molecule has 1 saturated carbocycles. The number of hydrogen-bond acceptors (Lipinski definition) is 6. The molecule has 2 aromatic rings. The average molecular weight is 543 g/mol. The highest BCUT2D eigenvalue weighted by atomic mass is 19.4. The number of rotatable bonds is 5. The fourth-order valence-electron chi connectivity index (χ4n) is 6.24. The van der Waals surface area contributed by atoms with Gasteiger partial charge in [-0.25, -0.2) is 0 Å². The predicted octanol–water partition coefficient (Wildman–Crippen LogP) is 3.65. The van der Waals surface area contributed by atoms with Crippen molar-refractivity contribution in [2.24, 2.45) is 0 Å². The van der Waals surface area contributed by atoms with Crippen molar-refractivity contribution in [3.63, 3.8) is 0 Å². The first-order valence-corrected chi connectivity index (χ1v) is 13.4. The summed E-state index contributed by atoms with van der Waals surface area (Å²) < 4.78 is 45.0. The molecule has 39 heavy (non-hydrogen) atoms. The van der Waals surface area contributed by atoms with Crippen molar-refractivity contribution in [1.82, 2.24) is 20.1 Å². The van der Waals surface area contributed by atoms with Crippen LogP contribution in [0.3, 0.4) is 0 Å². The van der Waals surface area contributed by atoms with Gasteiger partial charge in [0.25, 0.3) is 5.91 Å². The van der Waals surface area contributed by atoms with E-state index in [1.807, 2.05) is 6.07 Å². The third kappa shape index (κ3) is 4.99. The number of imide groups is 1. The zero-order chi connectivity index (χ0) is 27.3. The molecule has 8 nitrogen and oxygen atoms in total. The van der Waals surface area contributed by atoms with Crippen LogP contribution in [0.2, 0.25) is 0 Å². The fraction of sp³-hybridized carbons (Fsp3) is 0.500. The number of carbonyl (C=O) groups is 3. The lowest BCUT2D eigenvalue weighted by Gasteiger charge is -2.48. The Kier molecular flexibility index (Phi) is 6.57. The molecule has 6 rings (SSSR count). The number of amides is 3. The summed E-state index contributed by atoms with van der Waals surface area (Å²) in [5.41, 5.74) is 1.28. The van der Waals surface area contributed by atoms with Gasteiger partial charge < -0.3 is 9.64 Å². The van der Waals surface area contributed by atoms with E-state index in [4.69, 9.17) is 4.74 Å². The number of halogens is 3. The summed E-state index contributed by atoms with van der Waals surface area (Å²) in [6, 6.07) is 7.52. The molecular weight excluding hydrogens is 513 g/mol. The van der Waals surface area contributed by atoms with E-state index >= 15 is 0 Å². The Labute approximate surface area is 223 Å². The van der Waals surface area contributed by atoms with Crippen molar-refractivity contribution < 1.29 is 32.3 Å². The molecule has 3 aliphatic heterocycles. The summed E-state index contributed by atoms with van der Waals surface area (Å²) >= 11 is 0. The smallest absolute Gasteiger partial charge is 0.433 e. The number of pyridine rings is 1. The SMILES string of the molecule is O=C1CC[C@H](N2Cc3cc(O[C@@H]4CCCC[C@H]4N4CC(c5ccc(C(F)(F)F)nc5)C4)ccc3C2=O)C(=O)N1. The molecule has 1 aromatic carbocycles. The van der Waals surface area contributed by atoms with E-state index in [-0.39, 0.29) is 36.3 Å². The monoisotopic (exact) mass is 542 g/mol. The number of aromatic nitrogens is 1. The normalized spacial score (nSPS) is 26.3. The van der Waals surface area contributed by atoms with Gasteiger partial charge in [-0.2, -0.15) is 13.2 Å². The Morgan fingerprint density at radius 1 is 1.00 bits per heavy atom. The van der Waals surface area contributed by atoms with Gasteiger partial charge in [-0.3, -0.25) is 29.6 Å². The van der Waals surface area contributed by atoms with Gasteiger partial charge in [0.15, 0.2) is 0 Å². The first-order valence-electron chi connectivity index (χ1n) is 13.4. The van der Waals surface area contributed by atoms with Crippen LogP contribution >= 0.6 is 0 Å². The minimum Gasteiger partial charge on any atom is -0.489 e. The van der Waals surface area contributed by atoms with Crippen LogP contribution in [0.4, 0.5) is 13.2 Å². The number of carbonyl (C=O) groups excluding carboxylic acids is 3. The molecule has 2 saturated heterocycles. The second-order valence-corrected chi connectivity index (χ2v) is 10.9. The maximum absolute atomic E-state index is 13.0. The molecule has 4 heterocycles. The van der Waals surface area contributed by atoms with Crippen molar-refractivity contribution in [2.45, 2.75) is 75.4 Å². The van der Waals surface area contributed by atoms with E-state index in [0.717, 1.165) is 56.0 Å². The number of fused-ring (bicyclic) bond motifs is 1. The van der Waals surface area contributed by atoms with Crippen molar-refractivity contribution in [3.05, 3.63) is 58.9 Å². The Morgan fingerprint density at radius 2 is 1.79 bits per heavy atom. The van der Waals surface area contributed by atoms with Crippen LogP contribution in [0.15, 0.2) is 36.5 Å². The Bertz CT molecular complexity index is 1290. The largest absolute Gasteiger partial charge is 0.489 e. The molecular formula is C28H29F3N4O4. The van der Waals surface area contributed by atoms with Gasteiger partial charge in [0, 0.05) is 49.8 Å². The second-order valence-electron chi connectivity index (χ2n) is 10.9. The van der Waals surface area contributed by atoms with Gasteiger partial charge in [-0.15, -0.1) is 0 Å². The van der Waals surface area contributed by atoms with Gasteiger partial charge in [-0.05, 0) is 61.1 Å². The van der Waals surface area contributed by atoms with Gasteiger partial charge in [0.1, 0.15) is 23.6 Å². The Hall–Kier alpha value is -3.47. The van der Waals surface area contributed by atoms with E-state index in [1.165, 1.54) is 17.2 Å². The molecule has 3 fully saturated rings. The summed E-state index contributed by atoms with van der Waals surface area (Å²) in [4.78, 5) is 44.3. The highest BCUT2D eigenvalue weighted by Crippen LogP contribution is 2.37. The first-order chi connectivity index (χ1) is 18.7. The number of ether oxygens (including phenoxy) is 1. The molecule has 0 radical (unpaired) electrons. The standard InChI is InChI=1S/C28H29F3N4O4/c29-28(30,31)24-9-5-16(12-32-24)18-13-34(14-18)21-3-1-2-4-23(21)39-19-6-7-20-17(11-19)15-35(27(20)38)22-8-10-25(36)33-26(22)37/h5-7,9,11-12,18,21-23H,1-4,8,10,13-15H2,(H,33,36,37)/t21-,22+,23-/m1/s1. The van der Waals surface area contributed by atoms with E-state index in [2.05, 4.69) is 15.2 Å². The number of nitrogens with zero attached hydrogens (tertiary/aromatic N) is 3. The highest BCUT2D eigenvalue weighted by Gasteiger charge is 2.41. The molecule has 1 aromatic heterocycles. The molecule has 0 unspecified atom stereocenters. The Balaban J connectivity index is 1.09. The average Bonchev–Trinajstić information content (AvgIpc) is 3.19. The van der Waals surface area contributed by atoms with Crippen LogP contribution in [-0.4, -0.2) is 63.8 Å². The summed E-state index contributed by atoms with van der Waals surface area (Å²) in [5.74, 6) is -0.151. The lowest BCUT2D eigenvalue weighted by Crippen LogP contribution is -2.57. The van der Waals surface area contributed by atoms with E-state index < -0.39 is 23.8 Å². The number of piperidine rings is 1.